The Morgan fingerprint density at radius 2 is 1.76 bits per heavy atom. The highest BCUT2D eigenvalue weighted by Crippen LogP contribution is 2.31. The van der Waals surface area contributed by atoms with Crippen LogP contribution >= 0.6 is 11.6 Å². The lowest BCUT2D eigenvalue weighted by molar-refractivity contribution is -0.120. The lowest BCUT2D eigenvalue weighted by Gasteiger charge is -2.27. The molecule has 0 unspecified atom stereocenters. The van der Waals surface area contributed by atoms with Gasteiger partial charge in [0.15, 0.2) is 0 Å². The van der Waals surface area contributed by atoms with Crippen molar-refractivity contribution in [3.63, 3.8) is 0 Å². The zero-order valence-corrected chi connectivity index (χ0v) is 20.3. The molecule has 3 aromatic carbocycles. The van der Waals surface area contributed by atoms with Gasteiger partial charge in [-0.05, 0) is 79.6 Å². The number of aryl methyl sites for hydroxylation is 2. The molecule has 33 heavy (non-hydrogen) atoms. The van der Waals surface area contributed by atoms with E-state index in [1.165, 1.54) is 23.3 Å². The maximum absolute atomic E-state index is 13.5. The first-order chi connectivity index (χ1) is 15.8. The summed E-state index contributed by atoms with van der Waals surface area (Å²) < 4.78 is 28.2. The Balaban J connectivity index is 1.61. The summed E-state index contributed by atoms with van der Waals surface area (Å²) >= 11 is 6.28. The fourth-order valence-electron chi connectivity index (χ4n) is 4.25. The number of nitrogens with one attached hydrogen (secondary N) is 1. The van der Waals surface area contributed by atoms with Crippen LogP contribution in [0.3, 0.4) is 0 Å². The minimum absolute atomic E-state index is 0.115. The lowest BCUT2D eigenvalue weighted by Crippen LogP contribution is -2.42. The van der Waals surface area contributed by atoms with Crippen LogP contribution in [0, 0.1) is 6.92 Å². The van der Waals surface area contributed by atoms with Crippen molar-refractivity contribution in [3.05, 3.63) is 94.0 Å². The zero-order valence-electron chi connectivity index (χ0n) is 18.7. The van der Waals surface area contributed by atoms with Gasteiger partial charge in [0, 0.05) is 5.02 Å². The Morgan fingerprint density at radius 1 is 1.03 bits per heavy atom. The number of fused-ring (bicyclic) bond motifs is 1. The topological polar surface area (TPSA) is 66.5 Å². The lowest BCUT2D eigenvalue weighted by atomic mass is 10.0. The molecule has 0 aliphatic heterocycles. The van der Waals surface area contributed by atoms with Crippen molar-refractivity contribution in [2.24, 2.45) is 0 Å². The van der Waals surface area contributed by atoms with Gasteiger partial charge in [0.05, 0.1) is 16.6 Å². The largest absolute Gasteiger partial charge is 0.348 e. The summed E-state index contributed by atoms with van der Waals surface area (Å²) in [6.07, 6.45) is 3.31. The molecule has 1 N–H and O–H groups in total. The maximum Gasteiger partial charge on any atom is 0.264 e. The van der Waals surface area contributed by atoms with Crippen molar-refractivity contribution in [2.75, 3.05) is 10.8 Å². The van der Waals surface area contributed by atoms with E-state index >= 15 is 0 Å². The summed E-state index contributed by atoms with van der Waals surface area (Å²) in [5, 5.41) is 3.40. The minimum atomic E-state index is -3.98. The third kappa shape index (κ3) is 4.92. The highest BCUT2D eigenvalue weighted by molar-refractivity contribution is 7.92. The van der Waals surface area contributed by atoms with E-state index in [0.717, 1.165) is 29.1 Å². The molecule has 1 aliphatic rings. The first kappa shape index (κ1) is 23.3. The van der Waals surface area contributed by atoms with E-state index in [1.54, 1.807) is 43.3 Å². The number of nitrogens with zero attached hydrogens (tertiary/aromatic N) is 1. The number of hydrogen-bond donors (Lipinski definition) is 1. The number of carbonyl (C=O) groups is 1. The number of rotatable bonds is 7. The fraction of sp³-hybridized carbons (Fsp3) is 0.269. The van der Waals surface area contributed by atoms with Gasteiger partial charge in [0.25, 0.3) is 10.0 Å². The van der Waals surface area contributed by atoms with Crippen LogP contribution in [0.5, 0.6) is 0 Å². The quantitative estimate of drug-likeness (QED) is 0.502. The van der Waals surface area contributed by atoms with Crippen molar-refractivity contribution in [3.8, 4) is 0 Å². The molecule has 0 saturated heterocycles. The molecule has 0 bridgehead atoms. The standard InChI is InChI=1S/C26H27ClN2O3S/c1-18-24(27)12-7-13-25(18)29(33(31,32)23-10-4-3-5-11-23)17-26(30)28-19(2)21-15-14-20-8-6-9-22(20)16-21/h3-5,7,10-16,19H,6,8-9,17H2,1-2H3,(H,28,30)/t19-/m0/s1. The molecule has 0 saturated carbocycles. The Labute approximate surface area is 200 Å². The van der Waals surface area contributed by atoms with E-state index in [1.807, 2.05) is 13.0 Å². The Bertz CT molecular complexity index is 1280. The molecule has 0 radical (unpaired) electrons. The number of amides is 1. The molecule has 4 rings (SSSR count). The Hall–Kier alpha value is -2.83. The Morgan fingerprint density at radius 3 is 2.52 bits per heavy atom. The van der Waals surface area contributed by atoms with Crippen LogP contribution in [0.15, 0.2) is 71.6 Å². The van der Waals surface area contributed by atoms with E-state index in [0.29, 0.717) is 16.3 Å². The van der Waals surface area contributed by atoms with Crippen molar-refractivity contribution in [1.82, 2.24) is 5.32 Å². The zero-order chi connectivity index (χ0) is 23.6. The predicted octanol–water partition coefficient (Wildman–Crippen LogP) is 5.21. The molecule has 5 nitrogen and oxygen atoms in total. The van der Waals surface area contributed by atoms with E-state index in [2.05, 4.69) is 17.4 Å². The molecule has 172 valence electrons. The molecule has 1 amide bonds. The monoisotopic (exact) mass is 482 g/mol. The summed E-state index contributed by atoms with van der Waals surface area (Å²) in [5.41, 5.74) is 4.69. The van der Waals surface area contributed by atoms with E-state index < -0.39 is 10.0 Å². The van der Waals surface area contributed by atoms with E-state index in [9.17, 15) is 13.2 Å². The highest BCUT2D eigenvalue weighted by Gasteiger charge is 2.29. The summed E-state index contributed by atoms with van der Waals surface area (Å²) in [6.45, 7) is 3.30. The summed E-state index contributed by atoms with van der Waals surface area (Å²) in [4.78, 5) is 13.2. The summed E-state index contributed by atoms with van der Waals surface area (Å²) in [7, 11) is -3.98. The molecule has 0 aromatic heterocycles. The van der Waals surface area contributed by atoms with Gasteiger partial charge in [-0.15, -0.1) is 0 Å². The van der Waals surface area contributed by atoms with Gasteiger partial charge < -0.3 is 5.32 Å². The number of sulfonamides is 1. The predicted molar refractivity (Wildman–Crippen MR) is 132 cm³/mol. The average Bonchev–Trinajstić information content (AvgIpc) is 3.28. The van der Waals surface area contributed by atoms with E-state index in [-0.39, 0.29) is 23.4 Å². The number of carbonyl (C=O) groups excluding carboxylic acids is 1. The van der Waals surface area contributed by atoms with Crippen LogP contribution in [0.2, 0.25) is 5.02 Å². The smallest absolute Gasteiger partial charge is 0.264 e. The fourth-order valence-corrected chi connectivity index (χ4v) is 5.92. The molecule has 1 atom stereocenters. The number of hydrogen-bond acceptors (Lipinski definition) is 3. The molecule has 3 aromatic rings. The maximum atomic E-state index is 13.5. The van der Waals surface area contributed by atoms with Crippen LogP contribution in [0.25, 0.3) is 0 Å². The third-order valence-corrected chi connectivity index (χ3v) is 8.31. The van der Waals surface area contributed by atoms with Gasteiger partial charge in [0.2, 0.25) is 5.91 Å². The van der Waals surface area contributed by atoms with E-state index in [4.69, 9.17) is 11.6 Å². The van der Waals surface area contributed by atoms with Gasteiger partial charge in [-0.25, -0.2) is 8.42 Å². The number of benzene rings is 3. The number of halogens is 1. The van der Waals surface area contributed by atoms with Crippen LogP contribution in [0.4, 0.5) is 5.69 Å². The number of anilines is 1. The third-order valence-electron chi connectivity index (χ3n) is 6.13. The summed E-state index contributed by atoms with van der Waals surface area (Å²) in [5.74, 6) is -0.387. The van der Waals surface area contributed by atoms with Crippen molar-refractivity contribution >= 4 is 33.2 Å². The van der Waals surface area contributed by atoms with Crippen LogP contribution in [-0.4, -0.2) is 20.9 Å². The molecule has 0 heterocycles. The van der Waals surface area contributed by atoms with Gasteiger partial charge >= 0.3 is 0 Å². The average molecular weight is 483 g/mol. The van der Waals surface area contributed by atoms with Crippen LogP contribution in [-0.2, 0) is 27.7 Å². The van der Waals surface area contributed by atoms with Crippen molar-refractivity contribution in [1.29, 1.82) is 0 Å². The molecular formula is C26H27ClN2O3S. The molecule has 0 spiro atoms. The SMILES string of the molecule is Cc1c(Cl)cccc1N(CC(=O)N[C@@H](C)c1ccc2c(c1)CCC2)S(=O)(=O)c1ccccc1. The molecule has 1 aliphatic carbocycles. The summed E-state index contributed by atoms with van der Waals surface area (Å²) in [6, 6.07) is 19.2. The van der Waals surface area contributed by atoms with Gasteiger partial charge in [-0.3, -0.25) is 9.10 Å². The molecular weight excluding hydrogens is 456 g/mol. The van der Waals surface area contributed by atoms with Crippen LogP contribution < -0.4 is 9.62 Å². The van der Waals surface area contributed by atoms with Crippen molar-refractivity contribution in [2.45, 2.75) is 44.0 Å². The minimum Gasteiger partial charge on any atom is -0.348 e. The van der Waals surface area contributed by atoms with Crippen molar-refractivity contribution < 1.29 is 13.2 Å². The molecule has 7 heteroatoms. The second-order valence-electron chi connectivity index (χ2n) is 8.38. The van der Waals surface area contributed by atoms with Gasteiger partial charge in [0.1, 0.15) is 6.54 Å². The Kier molecular flexibility index (Phi) is 6.77. The highest BCUT2D eigenvalue weighted by atomic mass is 35.5. The van der Waals surface area contributed by atoms with Crippen LogP contribution in [0.1, 0.15) is 41.6 Å². The second-order valence-corrected chi connectivity index (χ2v) is 10.6. The second kappa shape index (κ2) is 9.57. The first-order valence-corrected chi connectivity index (χ1v) is 12.8. The molecule has 0 fully saturated rings. The van der Waals surface area contributed by atoms with Gasteiger partial charge in [-0.2, -0.15) is 0 Å². The first-order valence-electron chi connectivity index (χ1n) is 11.0. The van der Waals surface area contributed by atoms with Gasteiger partial charge in [-0.1, -0.05) is 54.1 Å². The normalized spacial score (nSPS) is 13.9.